The van der Waals surface area contributed by atoms with E-state index in [0.29, 0.717) is 0 Å². The number of carboxylic acids is 2. The highest BCUT2D eigenvalue weighted by atomic mass is 16.4. The zero-order chi connectivity index (χ0) is 23.4. The lowest BCUT2D eigenvalue weighted by Crippen LogP contribution is -2.57. The molecule has 0 saturated heterocycles. The van der Waals surface area contributed by atoms with E-state index in [1.807, 2.05) is 5.32 Å². The molecule has 170 valence electrons. The molecule has 0 fully saturated rings. The molecule has 0 aliphatic heterocycles. The molecule has 0 radical (unpaired) electrons. The summed E-state index contributed by atoms with van der Waals surface area (Å²) < 4.78 is 0. The van der Waals surface area contributed by atoms with Crippen LogP contribution in [0.1, 0.15) is 32.6 Å². The lowest BCUT2D eigenvalue weighted by Gasteiger charge is -2.24. The Bertz CT molecular complexity index is 667. The molecule has 0 aliphatic carbocycles. The van der Waals surface area contributed by atoms with Crippen molar-refractivity contribution in [1.82, 2.24) is 16.0 Å². The Morgan fingerprint density at radius 3 is 1.60 bits per heavy atom. The second kappa shape index (κ2) is 13.1. The minimum Gasteiger partial charge on any atom is -0.481 e. The number of nitrogens with one attached hydrogen (secondary N) is 3. The van der Waals surface area contributed by atoms with Gasteiger partial charge in [-0.3, -0.25) is 24.0 Å². The Morgan fingerprint density at radius 1 is 0.800 bits per heavy atom. The van der Waals surface area contributed by atoms with Crippen molar-refractivity contribution in [1.29, 1.82) is 0 Å². The van der Waals surface area contributed by atoms with Gasteiger partial charge in [0, 0.05) is 12.8 Å². The highest BCUT2D eigenvalue weighted by Crippen LogP contribution is 2.04. The molecule has 0 spiro atoms. The molecule has 4 atom stereocenters. The largest absolute Gasteiger partial charge is 0.481 e. The number of aliphatic hydroxyl groups is 1. The van der Waals surface area contributed by atoms with Gasteiger partial charge in [0.1, 0.15) is 18.1 Å². The Labute approximate surface area is 171 Å². The summed E-state index contributed by atoms with van der Waals surface area (Å²) in [6, 6.07) is -5.47. The van der Waals surface area contributed by atoms with E-state index in [9.17, 15) is 28.8 Å². The third-order valence-electron chi connectivity index (χ3n) is 3.80. The summed E-state index contributed by atoms with van der Waals surface area (Å²) in [4.78, 5) is 69.5. The van der Waals surface area contributed by atoms with E-state index in [4.69, 9.17) is 26.8 Å². The monoisotopic (exact) mass is 433 g/mol. The van der Waals surface area contributed by atoms with Crippen LogP contribution in [0.25, 0.3) is 0 Å². The van der Waals surface area contributed by atoms with Crippen molar-refractivity contribution in [2.75, 3.05) is 6.61 Å². The molecule has 0 rings (SSSR count). The predicted molar refractivity (Wildman–Crippen MR) is 99.5 cm³/mol. The van der Waals surface area contributed by atoms with Crippen molar-refractivity contribution in [2.24, 2.45) is 11.5 Å². The van der Waals surface area contributed by atoms with Gasteiger partial charge in [-0.25, -0.2) is 4.79 Å². The average Bonchev–Trinajstić information content (AvgIpc) is 2.64. The van der Waals surface area contributed by atoms with Crippen LogP contribution in [-0.2, 0) is 28.8 Å². The minimum absolute atomic E-state index is 0.308. The maximum absolute atomic E-state index is 12.5. The Morgan fingerprint density at radius 2 is 1.23 bits per heavy atom. The maximum Gasteiger partial charge on any atom is 0.328 e. The third kappa shape index (κ3) is 10.3. The van der Waals surface area contributed by atoms with E-state index >= 15 is 0 Å². The number of amides is 4. The van der Waals surface area contributed by atoms with Gasteiger partial charge in [0.25, 0.3) is 0 Å². The van der Waals surface area contributed by atoms with E-state index in [1.54, 1.807) is 0 Å². The van der Waals surface area contributed by atoms with Gasteiger partial charge >= 0.3 is 11.9 Å². The number of hydrogen-bond acceptors (Lipinski definition) is 8. The van der Waals surface area contributed by atoms with Crippen molar-refractivity contribution in [3.8, 4) is 0 Å². The first-order chi connectivity index (χ1) is 13.9. The Balaban J connectivity index is 5.43. The highest BCUT2D eigenvalue weighted by molar-refractivity contribution is 5.94. The molecule has 0 aromatic heterocycles. The summed E-state index contributed by atoms with van der Waals surface area (Å²) in [7, 11) is 0. The van der Waals surface area contributed by atoms with Crippen molar-refractivity contribution >= 4 is 35.6 Å². The molecule has 14 nitrogen and oxygen atoms in total. The van der Waals surface area contributed by atoms with Gasteiger partial charge in [-0.15, -0.1) is 0 Å². The van der Waals surface area contributed by atoms with Crippen molar-refractivity contribution in [3.05, 3.63) is 0 Å². The Kier molecular flexibility index (Phi) is 11.6. The van der Waals surface area contributed by atoms with E-state index in [0.717, 1.165) is 0 Å². The number of aliphatic hydroxyl groups excluding tert-OH is 1. The fraction of sp³-hybridized carbons (Fsp3) is 0.625. The van der Waals surface area contributed by atoms with Crippen molar-refractivity contribution in [2.45, 2.75) is 56.8 Å². The fourth-order valence-corrected chi connectivity index (χ4v) is 2.13. The van der Waals surface area contributed by atoms with Crippen LogP contribution in [0.3, 0.4) is 0 Å². The zero-order valence-corrected chi connectivity index (χ0v) is 16.3. The number of carbonyl (C=O) groups excluding carboxylic acids is 4. The molecule has 0 aromatic carbocycles. The van der Waals surface area contributed by atoms with E-state index in [-0.39, 0.29) is 19.3 Å². The number of aliphatic carboxylic acids is 2. The van der Waals surface area contributed by atoms with Crippen molar-refractivity contribution < 1.29 is 44.1 Å². The van der Waals surface area contributed by atoms with Crippen LogP contribution in [0.5, 0.6) is 0 Å². The zero-order valence-electron chi connectivity index (χ0n) is 16.3. The number of carboxylic acid groups (broad SMARTS) is 2. The van der Waals surface area contributed by atoms with E-state index in [1.165, 1.54) is 6.92 Å². The molecule has 0 aromatic rings. The molecule has 0 aliphatic rings. The SMILES string of the molecule is CC(N)C(=O)NC(CCC(=O)O)C(=O)NC(CCC(N)=O)C(=O)NC(CO)C(=O)O. The molecule has 4 unspecified atom stereocenters. The van der Waals surface area contributed by atoms with Crippen LogP contribution >= 0.6 is 0 Å². The maximum atomic E-state index is 12.5. The summed E-state index contributed by atoms with van der Waals surface area (Å²) in [5.41, 5.74) is 10.4. The molecule has 30 heavy (non-hydrogen) atoms. The molecule has 0 saturated carbocycles. The topological polar surface area (TPSA) is 251 Å². The molecule has 0 bridgehead atoms. The van der Waals surface area contributed by atoms with Gasteiger partial charge in [-0.1, -0.05) is 0 Å². The van der Waals surface area contributed by atoms with E-state index < -0.39 is 72.8 Å². The second-order valence-electron chi connectivity index (χ2n) is 6.43. The number of nitrogens with two attached hydrogens (primary N) is 2. The van der Waals surface area contributed by atoms with E-state index in [2.05, 4.69) is 10.6 Å². The highest BCUT2D eigenvalue weighted by Gasteiger charge is 2.30. The first-order valence-corrected chi connectivity index (χ1v) is 8.89. The number of primary amides is 1. The summed E-state index contributed by atoms with van der Waals surface area (Å²) in [6.45, 7) is 0.411. The third-order valence-corrected chi connectivity index (χ3v) is 3.80. The predicted octanol–water partition coefficient (Wildman–Crippen LogP) is -4.00. The second-order valence-corrected chi connectivity index (χ2v) is 6.43. The summed E-state index contributed by atoms with van der Waals surface area (Å²) >= 11 is 0. The first-order valence-electron chi connectivity index (χ1n) is 8.89. The van der Waals surface area contributed by atoms with Gasteiger partial charge in [0.15, 0.2) is 0 Å². The standard InChI is InChI=1S/C16H27N5O9/c1-7(17)13(26)19-9(3-5-12(24)25)14(27)20-8(2-4-11(18)23)15(28)21-10(6-22)16(29)30/h7-10,22H,2-6,17H2,1H3,(H2,18,23)(H,19,26)(H,20,27)(H,21,28)(H,24,25)(H,29,30). The van der Waals surface area contributed by atoms with Crippen LogP contribution in [-0.4, -0.2) is 81.7 Å². The molecular formula is C16H27N5O9. The lowest BCUT2D eigenvalue weighted by molar-refractivity contribution is -0.143. The number of carbonyl (C=O) groups is 6. The number of rotatable bonds is 14. The van der Waals surface area contributed by atoms with Crippen LogP contribution in [0.15, 0.2) is 0 Å². The number of hydrogen-bond donors (Lipinski definition) is 8. The molecule has 4 amide bonds. The van der Waals surface area contributed by atoms with Crippen molar-refractivity contribution in [3.63, 3.8) is 0 Å². The summed E-state index contributed by atoms with van der Waals surface area (Å²) in [6.07, 6.45) is -1.46. The van der Waals surface area contributed by atoms with Gasteiger partial charge in [0.05, 0.1) is 12.6 Å². The quantitative estimate of drug-likeness (QED) is 0.132. The van der Waals surface area contributed by atoms with Crippen LogP contribution in [0.4, 0.5) is 0 Å². The summed E-state index contributed by atoms with van der Waals surface area (Å²) in [5.74, 6) is -6.30. The smallest absolute Gasteiger partial charge is 0.328 e. The van der Waals surface area contributed by atoms with Gasteiger partial charge in [-0.05, 0) is 19.8 Å². The van der Waals surface area contributed by atoms with Crippen LogP contribution < -0.4 is 27.4 Å². The van der Waals surface area contributed by atoms with Gasteiger partial charge in [-0.2, -0.15) is 0 Å². The minimum atomic E-state index is -1.66. The lowest BCUT2D eigenvalue weighted by atomic mass is 10.1. The van der Waals surface area contributed by atoms with Gasteiger partial charge in [0.2, 0.25) is 23.6 Å². The Hall–Kier alpha value is -3.26. The molecule has 14 heteroatoms. The fourth-order valence-electron chi connectivity index (χ4n) is 2.13. The van der Waals surface area contributed by atoms with Crippen LogP contribution in [0.2, 0.25) is 0 Å². The molecule has 10 N–H and O–H groups in total. The first kappa shape index (κ1) is 26.7. The molecule has 0 heterocycles. The molecular weight excluding hydrogens is 406 g/mol. The van der Waals surface area contributed by atoms with Gasteiger partial charge < -0.3 is 42.7 Å². The summed E-state index contributed by atoms with van der Waals surface area (Å²) in [5, 5.41) is 33.2. The average molecular weight is 433 g/mol. The normalized spacial score (nSPS) is 14.5. The van der Waals surface area contributed by atoms with Crippen LogP contribution in [0, 0.1) is 0 Å².